The summed E-state index contributed by atoms with van der Waals surface area (Å²) in [7, 11) is 1.75. The molecule has 0 fully saturated rings. The molecule has 0 aliphatic carbocycles. The van der Waals surface area contributed by atoms with E-state index < -0.39 is 0 Å². The fourth-order valence-electron chi connectivity index (χ4n) is 2.93. The summed E-state index contributed by atoms with van der Waals surface area (Å²) in [6, 6.07) is 15.2. The molecule has 1 amide bonds. The van der Waals surface area contributed by atoms with Crippen LogP contribution in [-0.4, -0.2) is 30.5 Å². The number of amides is 1. The van der Waals surface area contributed by atoms with Gasteiger partial charge in [-0.3, -0.25) is 14.8 Å². The summed E-state index contributed by atoms with van der Waals surface area (Å²) in [4.78, 5) is 17.0. The van der Waals surface area contributed by atoms with Crippen LogP contribution in [0.3, 0.4) is 0 Å². The smallest absolute Gasteiger partial charge is 0.261 e. The van der Waals surface area contributed by atoms with Crippen LogP contribution in [-0.2, 0) is 13.6 Å². The molecule has 7 nitrogen and oxygen atoms in total. The average molecular weight is 472 g/mol. The molecular weight excluding hydrogens is 456 g/mol. The van der Waals surface area contributed by atoms with E-state index in [1.165, 1.54) is 0 Å². The van der Waals surface area contributed by atoms with E-state index >= 15 is 0 Å². The molecule has 29 heavy (non-hydrogen) atoms. The third-order valence-electron chi connectivity index (χ3n) is 4.20. The van der Waals surface area contributed by atoms with Crippen molar-refractivity contribution < 1.29 is 4.79 Å². The van der Waals surface area contributed by atoms with Crippen molar-refractivity contribution in [2.24, 2.45) is 7.05 Å². The van der Waals surface area contributed by atoms with Crippen LogP contribution in [0.1, 0.15) is 15.9 Å². The number of carbonyl (C=O) groups is 1. The molecule has 0 saturated heterocycles. The highest BCUT2D eigenvalue weighted by Crippen LogP contribution is 2.29. The maximum atomic E-state index is 12.8. The second-order valence-electron chi connectivity index (χ2n) is 6.39. The van der Waals surface area contributed by atoms with Crippen molar-refractivity contribution >= 4 is 39.4 Å². The first-order valence-electron chi connectivity index (χ1n) is 8.73. The SMILES string of the molecule is Cn1cc(C(=O)Nc2ncn(Cc3cccc(Br)c3)n2)c(-c2ccccc2Cl)n1. The van der Waals surface area contributed by atoms with Crippen LogP contribution in [0.5, 0.6) is 0 Å². The van der Waals surface area contributed by atoms with Gasteiger partial charge in [-0.2, -0.15) is 5.10 Å². The highest BCUT2D eigenvalue weighted by Gasteiger charge is 2.20. The lowest BCUT2D eigenvalue weighted by atomic mass is 10.1. The molecule has 4 rings (SSSR count). The van der Waals surface area contributed by atoms with Crippen molar-refractivity contribution in [1.29, 1.82) is 0 Å². The molecule has 2 aromatic carbocycles. The molecule has 0 radical (unpaired) electrons. The van der Waals surface area contributed by atoms with Crippen molar-refractivity contribution in [3.63, 3.8) is 0 Å². The predicted molar refractivity (Wildman–Crippen MR) is 115 cm³/mol. The van der Waals surface area contributed by atoms with Crippen molar-refractivity contribution in [1.82, 2.24) is 24.5 Å². The molecule has 1 N–H and O–H groups in total. The standard InChI is InChI=1S/C20H16BrClN6O/c1-27-11-16(18(25-27)15-7-2-3-8-17(15)22)19(29)24-20-23-12-28(26-20)10-13-5-4-6-14(21)9-13/h2-9,11-12H,10H2,1H3,(H,24,26,29). The Hall–Kier alpha value is -2.97. The van der Waals surface area contributed by atoms with E-state index in [4.69, 9.17) is 11.6 Å². The Morgan fingerprint density at radius 3 is 2.79 bits per heavy atom. The summed E-state index contributed by atoms with van der Waals surface area (Å²) in [5.41, 5.74) is 2.65. The third kappa shape index (κ3) is 4.38. The highest BCUT2D eigenvalue weighted by atomic mass is 79.9. The van der Waals surface area contributed by atoms with Gasteiger partial charge in [-0.05, 0) is 23.8 Å². The van der Waals surface area contributed by atoms with E-state index in [9.17, 15) is 4.79 Å². The highest BCUT2D eigenvalue weighted by molar-refractivity contribution is 9.10. The van der Waals surface area contributed by atoms with Gasteiger partial charge in [-0.25, -0.2) is 9.67 Å². The minimum atomic E-state index is -0.353. The number of hydrogen-bond acceptors (Lipinski definition) is 4. The van der Waals surface area contributed by atoms with Crippen LogP contribution >= 0.6 is 27.5 Å². The maximum Gasteiger partial charge on any atom is 0.261 e. The number of anilines is 1. The number of halogens is 2. The Kier molecular flexibility index (Phi) is 5.46. The number of aryl methyl sites for hydroxylation is 1. The average Bonchev–Trinajstić information content (AvgIpc) is 3.28. The van der Waals surface area contributed by atoms with E-state index in [1.54, 1.807) is 35.0 Å². The van der Waals surface area contributed by atoms with Crippen LogP contribution < -0.4 is 5.32 Å². The largest absolute Gasteiger partial charge is 0.289 e. The van der Waals surface area contributed by atoms with Gasteiger partial charge < -0.3 is 0 Å². The number of carbonyl (C=O) groups excluding carboxylic acids is 1. The second kappa shape index (κ2) is 8.18. The number of nitrogens with one attached hydrogen (secondary N) is 1. The molecule has 0 aliphatic heterocycles. The van der Waals surface area contributed by atoms with Crippen molar-refractivity contribution in [3.8, 4) is 11.3 Å². The normalized spacial score (nSPS) is 10.9. The van der Waals surface area contributed by atoms with Crippen molar-refractivity contribution in [2.45, 2.75) is 6.54 Å². The minimum Gasteiger partial charge on any atom is -0.289 e. The summed E-state index contributed by atoms with van der Waals surface area (Å²) in [5.74, 6) is -0.132. The molecule has 0 atom stereocenters. The molecule has 0 unspecified atom stereocenters. The zero-order valence-corrected chi connectivity index (χ0v) is 17.7. The molecule has 2 heterocycles. The van der Waals surface area contributed by atoms with Gasteiger partial charge in [-0.15, -0.1) is 5.10 Å². The first-order chi connectivity index (χ1) is 14.0. The monoisotopic (exact) mass is 470 g/mol. The van der Waals surface area contributed by atoms with Gasteiger partial charge in [0.25, 0.3) is 5.91 Å². The van der Waals surface area contributed by atoms with Crippen LogP contribution in [0.25, 0.3) is 11.3 Å². The topological polar surface area (TPSA) is 77.6 Å². The molecule has 4 aromatic rings. The lowest BCUT2D eigenvalue weighted by molar-refractivity contribution is 0.102. The molecule has 0 spiro atoms. The van der Waals surface area contributed by atoms with Crippen LogP contribution in [0, 0.1) is 0 Å². The van der Waals surface area contributed by atoms with Gasteiger partial charge >= 0.3 is 0 Å². The number of hydrogen-bond donors (Lipinski definition) is 1. The van der Waals surface area contributed by atoms with Gasteiger partial charge in [0.1, 0.15) is 12.0 Å². The molecule has 146 valence electrons. The summed E-state index contributed by atoms with van der Waals surface area (Å²) in [6.45, 7) is 0.542. The second-order valence-corrected chi connectivity index (χ2v) is 7.72. The number of aromatic nitrogens is 5. The fraction of sp³-hybridized carbons (Fsp3) is 0.100. The fourth-order valence-corrected chi connectivity index (χ4v) is 3.60. The molecule has 9 heteroatoms. The Labute approximate surface area is 180 Å². The van der Waals surface area contributed by atoms with Gasteiger partial charge in [0.2, 0.25) is 5.95 Å². The summed E-state index contributed by atoms with van der Waals surface area (Å²) >= 11 is 9.74. The van der Waals surface area contributed by atoms with Crippen LogP contribution in [0.2, 0.25) is 5.02 Å². The summed E-state index contributed by atoms with van der Waals surface area (Å²) < 4.78 is 4.23. The Morgan fingerprint density at radius 1 is 1.17 bits per heavy atom. The first-order valence-corrected chi connectivity index (χ1v) is 9.90. The van der Waals surface area contributed by atoms with Crippen LogP contribution in [0.4, 0.5) is 5.95 Å². The van der Waals surface area contributed by atoms with Gasteiger partial charge in [0, 0.05) is 23.3 Å². The molecule has 0 bridgehead atoms. The number of nitrogens with zero attached hydrogens (tertiary/aromatic N) is 5. The first kappa shape index (κ1) is 19.4. The molecule has 0 saturated carbocycles. The van der Waals surface area contributed by atoms with E-state index in [2.05, 4.69) is 36.4 Å². The summed E-state index contributed by atoms with van der Waals surface area (Å²) in [5, 5.41) is 12.0. The van der Waals surface area contributed by atoms with E-state index in [0.29, 0.717) is 28.4 Å². The molecule has 0 aliphatic rings. The molecular formula is C20H16BrClN6O. The van der Waals surface area contributed by atoms with Gasteiger partial charge in [-0.1, -0.05) is 57.9 Å². The van der Waals surface area contributed by atoms with Gasteiger partial charge in [0.05, 0.1) is 17.1 Å². The third-order valence-corrected chi connectivity index (χ3v) is 5.02. The van der Waals surface area contributed by atoms with E-state index in [1.807, 2.05) is 42.5 Å². The predicted octanol–water partition coefficient (Wildman–Crippen LogP) is 4.40. The Balaban J connectivity index is 1.54. The lowest BCUT2D eigenvalue weighted by Crippen LogP contribution is -2.14. The summed E-state index contributed by atoms with van der Waals surface area (Å²) in [6.07, 6.45) is 3.22. The van der Waals surface area contributed by atoms with Crippen LogP contribution in [0.15, 0.2) is 65.5 Å². The van der Waals surface area contributed by atoms with E-state index in [0.717, 1.165) is 10.0 Å². The molecule has 2 aromatic heterocycles. The zero-order valence-electron chi connectivity index (χ0n) is 15.4. The Bertz CT molecular complexity index is 1190. The van der Waals surface area contributed by atoms with Gasteiger partial charge in [0.15, 0.2) is 0 Å². The zero-order chi connectivity index (χ0) is 20.4. The lowest BCUT2D eigenvalue weighted by Gasteiger charge is -2.04. The quantitative estimate of drug-likeness (QED) is 0.468. The van der Waals surface area contributed by atoms with Crippen molar-refractivity contribution in [2.75, 3.05) is 5.32 Å². The van der Waals surface area contributed by atoms with E-state index in [-0.39, 0.29) is 11.9 Å². The van der Waals surface area contributed by atoms with Crippen molar-refractivity contribution in [3.05, 3.63) is 81.7 Å². The number of benzene rings is 2. The Morgan fingerprint density at radius 2 is 2.00 bits per heavy atom. The number of rotatable bonds is 5. The minimum absolute atomic E-state index is 0.221. The maximum absolute atomic E-state index is 12.8.